The van der Waals surface area contributed by atoms with Gasteiger partial charge in [0.25, 0.3) is 0 Å². The summed E-state index contributed by atoms with van der Waals surface area (Å²) < 4.78 is 0. The average molecular weight is 338 g/mol. The molecule has 0 saturated heterocycles. The fraction of sp³-hybridized carbons (Fsp3) is 0.588. The van der Waals surface area contributed by atoms with E-state index < -0.39 is 0 Å². The number of alkyl halides is 1. The molecule has 2 nitrogen and oxygen atoms in total. The van der Waals surface area contributed by atoms with Crippen LogP contribution in [0.15, 0.2) is 30.3 Å². The van der Waals surface area contributed by atoms with Gasteiger partial charge in [-0.05, 0) is 31.2 Å². The topological polar surface area (TPSA) is 20.3 Å². The van der Waals surface area contributed by atoms with Crippen LogP contribution in [0.1, 0.15) is 45.1 Å². The van der Waals surface area contributed by atoms with Crippen LogP contribution < -0.4 is 0 Å². The quantitative estimate of drug-likeness (QED) is 0.685. The molecule has 1 aromatic carbocycles. The Morgan fingerprint density at radius 2 is 1.85 bits per heavy atom. The second-order valence-corrected chi connectivity index (χ2v) is 6.40. The highest BCUT2D eigenvalue weighted by molar-refractivity contribution is 9.09. The first-order valence-electron chi connectivity index (χ1n) is 7.62. The molecule has 1 amide bonds. The van der Waals surface area contributed by atoms with Gasteiger partial charge in [-0.25, -0.2) is 0 Å². The van der Waals surface area contributed by atoms with Crippen LogP contribution in [0.25, 0.3) is 0 Å². The lowest BCUT2D eigenvalue weighted by Gasteiger charge is -2.33. The van der Waals surface area contributed by atoms with Crippen molar-refractivity contribution in [1.82, 2.24) is 4.90 Å². The van der Waals surface area contributed by atoms with Gasteiger partial charge in [-0.2, -0.15) is 0 Å². The van der Waals surface area contributed by atoms with Gasteiger partial charge in [0.15, 0.2) is 0 Å². The van der Waals surface area contributed by atoms with Crippen molar-refractivity contribution in [2.75, 3.05) is 11.9 Å². The van der Waals surface area contributed by atoms with Crippen molar-refractivity contribution < 1.29 is 4.79 Å². The molecule has 3 heteroatoms. The van der Waals surface area contributed by atoms with Gasteiger partial charge < -0.3 is 4.90 Å². The Kier molecular flexibility index (Phi) is 5.25. The third kappa shape index (κ3) is 2.93. The van der Waals surface area contributed by atoms with Gasteiger partial charge in [0, 0.05) is 17.9 Å². The van der Waals surface area contributed by atoms with Crippen LogP contribution in [0, 0.1) is 0 Å². The number of rotatable bonds is 7. The number of amides is 1. The van der Waals surface area contributed by atoms with Crippen molar-refractivity contribution in [3.8, 4) is 0 Å². The minimum atomic E-state index is -0.230. The SMILES string of the molecule is CCC(CC)N(CCBr)C(=O)C1(c2ccccc2)CC1. The van der Waals surface area contributed by atoms with E-state index in [2.05, 4.69) is 46.8 Å². The summed E-state index contributed by atoms with van der Waals surface area (Å²) in [4.78, 5) is 15.2. The highest BCUT2D eigenvalue weighted by Gasteiger charge is 2.53. The first kappa shape index (κ1) is 15.6. The third-order valence-electron chi connectivity index (χ3n) is 4.46. The molecule has 0 aliphatic heterocycles. The Hall–Kier alpha value is -0.830. The Morgan fingerprint density at radius 3 is 2.30 bits per heavy atom. The molecular formula is C17H24BrNO. The van der Waals surface area contributed by atoms with Crippen molar-refractivity contribution in [2.45, 2.75) is 51.0 Å². The number of carbonyl (C=O) groups excluding carboxylic acids is 1. The molecule has 0 N–H and O–H groups in total. The highest BCUT2D eigenvalue weighted by atomic mass is 79.9. The monoisotopic (exact) mass is 337 g/mol. The molecular weight excluding hydrogens is 314 g/mol. The molecule has 1 saturated carbocycles. The molecule has 1 aromatic rings. The van der Waals surface area contributed by atoms with E-state index >= 15 is 0 Å². The van der Waals surface area contributed by atoms with Gasteiger partial charge >= 0.3 is 0 Å². The predicted octanol–water partition coefficient (Wildman–Crippen LogP) is 4.13. The fourth-order valence-electron chi connectivity index (χ4n) is 3.05. The van der Waals surface area contributed by atoms with Crippen LogP contribution in [-0.4, -0.2) is 28.7 Å². The molecule has 2 rings (SSSR count). The lowest BCUT2D eigenvalue weighted by Crippen LogP contribution is -2.46. The van der Waals surface area contributed by atoms with Crippen LogP contribution in [0.4, 0.5) is 0 Å². The summed E-state index contributed by atoms with van der Waals surface area (Å²) in [7, 11) is 0. The van der Waals surface area contributed by atoms with Gasteiger partial charge in [0.05, 0.1) is 5.41 Å². The molecule has 0 unspecified atom stereocenters. The van der Waals surface area contributed by atoms with Crippen LogP contribution in [0.5, 0.6) is 0 Å². The van der Waals surface area contributed by atoms with Crippen LogP contribution in [0.2, 0.25) is 0 Å². The average Bonchev–Trinajstić information content (AvgIpc) is 3.29. The third-order valence-corrected chi connectivity index (χ3v) is 4.81. The van der Waals surface area contributed by atoms with Gasteiger partial charge in [-0.15, -0.1) is 0 Å². The van der Waals surface area contributed by atoms with Crippen LogP contribution in [0.3, 0.4) is 0 Å². The molecule has 0 radical (unpaired) electrons. The van der Waals surface area contributed by atoms with Crippen molar-refractivity contribution in [3.63, 3.8) is 0 Å². The number of carbonyl (C=O) groups is 1. The summed E-state index contributed by atoms with van der Waals surface area (Å²) in [5.74, 6) is 0.330. The highest BCUT2D eigenvalue weighted by Crippen LogP contribution is 2.50. The zero-order chi connectivity index (χ0) is 14.6. The molecule has 1 aliphatic rings. The molecule has 1 aliphatic carbocycles. The normalized spacial score (nSPS) is 16.2. The number of hydrogen-bond donors (Lipinski definition) is 0. The second kappa shape index (κ2) is 6.75. The van der Waals surface area contributed by atoms with E-state index in [1.807, 2.05) is 18.2 Å². The Labute approximate surface area is 130 Å². The van der Waals surface area contributed by atoms with E-state index in [4.69, 9.17) is 0 Å². The lowest BCUT2D eigenvalue weighted by molar-refractivity contribution is -0.136. The second-order valence-electron chi connectivity index (χ2n) is 5.61. The van der Waals surface area contributed by atoms with E-state index in [9.17, 15) is 4.79 Å². The lowest BCUT2D eigenvalue weighted by atomic mass is 9.93. The van der Waals surface area contributed by atoms with Crippen LogP contribution in [-0.2, 0) is 10.2 Å². The van der Waals surface area contributed by atoms with E-state index in [-0.39, 0.29) is 5.41 Å². The summed E-state index contributed by atoms with van der Waals surface area (Å²) in [6.45, 7) is 5.15. The van der Waals surface area contributed by atoms with Crippen molar-refractivity contribution in [3.05, 3.63) is 35.9 Å². The molecule has 0 aromatic heterocycles. The van der Waals surface area contributed by atoms with E-state index in [1.54, 1.807) is 0 Å². The summed E-state index contributed by atoms with van der Waals surface area (Å²) in [6.07, 6.45) is 4.05. The molecule has 0 bridgehead atoms. The summed E-state index contributed by atoms with van der Waals surface area (Å²) in [5.41, 5.74) is 0.960. The summed E-state index contributed by atoms with van der Waals surface area (Å²) in [6, 6.07) is 10.7. The first-order chi connectivity index (χ1) is 9.69. The number of hydrogen-bond acceptors (Lipinski definition) is 1. The van der Waals surface area contributed by atoms with Gasteiger partial charge in [0.2, 0.25) is 5.91 Å². The number of benzene rings is 1. The zero-order valence-electron chi connectivity index (χ0n) is 12.4. The first-order valence-corrected chi connectivity index (χ1v) is 8.74. The van der Waals surface area contributed by atoms with Gasteiger partial charge in [-0.3, -0.25) is 4.79 Å². The van der Waals surface area contributed by atoms with Crippen molar-refractivity contribution in [2.24, 2.45) is 0 Å². The van der Waals surface area contributed by atoms with Crippen molar-refractivity contribution >= 4 is 21.8 Å². The smallest absolute Gasteiger partial charge is 0.233 e. The zero-order valence-corrected chi connectivity index (χ0v) is 14.0. The van der Waals surface area contributed by atoms with Crippen molar-refractivity contribution in [1.29, 1.82) is 0 Å². The standard InChI is InChI=1S/C17H24BrNO/c1-3-15(4-2)19(13-12-18)16(20)17(10-11-17)14-8-6-5-7-9-14/h5-9,15H,3-4,10-13H2,1-2H3. The number of nitrogens with zero attached hydrogens (tertiary/aromatic N) is 1. The van der Waals surface area contributed by atoms with E-state index in [0.29, 0.717) is 11.9 Å². The summed E-state index contributed by atoms with van der Waals surface area (Å²) in [5, 5.41) is 0.847. The molecule has 0 heterocycles. The predicted molar refractivity (Wildman–Crippen MR) is 87.2 cm³/mol. The Balaban J connectivity index is 2.23. The molecule has 110 valence electrons. The Morgan fingerprint density at radius 1 is 1.25 bits per heavy atom. The maximum atomic E-state index is 13.1. The fourth-order valence-corrected chi connectivity index (χ4v) is 3.44. The molecule has 0 atom stereocenters. The van der Waals surface area contributed by atoms with Gasteiger partial charge in [0.1, 0.15) is 0 Å². The Bertz CT molecular complexity index is 438. The summed E-state index contributed by atoms with van der Waals surface area (Å²) >= 11 is 3.49. The van der Waals surface area contributed by atoms with Crippen LogP contribution >= 0.6 is 15.9 Å². The number of halogens is 1. The largest absolute Gasteiger partial charge is 0.338 e. The maximum absolute atomic E-state index is 13.1. The van der Waals surface area contributed by atoms with Gasteiger partial charge in [-0.1, -0.05) is 60.1 Å². The van der Waals surface area contributed by atoms with E-state index in [0.717, 1.165) is 37.6 Å². The molecule has 1 fully saturated rings. The van der Waals surface area contributed by atoms with E-state index in [1.165, 1.54) is 5.56 Å². The minimum absolute atomic E-state index is 0.230. The molecule has 20 heavy (non-hydrogen) atoms. The minimum Gasteiger partial charge on any atom is -0.338 e. The maximum Gasteiger partial charge on any atom is 0.233 e. The molecule has 0 spiro atoms.